The van der Waals surface area contributed by atoms with Crippen LogP contribution in [-0.4, -0.2) is 11.9 Å². The second-order valence-corrected chi connectivity index (χ2v) is 2.97. The summed E-state index contributed by atoms with van der Waals surface area (Å²) in [6.07, 6.45) is 0.838. The molecule has 1 aromatic carbocycles. The number of hydrogen-bond donors (Lipinski definition) is 3. The number of anilines is 1. The number of nitriles is 1. The molecule has 0 aliphatic rings. The van der Waals surface area contributed by atoms with Crippen LogP contribution in [0.3, 0.4) is 0 Å². The van der Waals surface area contributed by atoms with Crippen LogP contribution in [0.15, 0.2) is 42.1 Å². The molecule has 3 amide bonds. The highest BCUT2D eigenvalue weighted by atomic mass is 16.2. The minimum atomic E-state index is -0.844. The number of benzene rings is 1. The molecule has 0 spiro atoms. The molecule has 0 heterocycles. The number of nitrogens with zero attached hydrogens (tertiary/aromatic N) is 1. The zero-order valence-electron chi connectivity index (χ0n) is 8.81. The molecular formula is C11H10N4O2. The summed E-state index contributed by atoms with van der Waals surface area (Å²) in [4.78, 5) is 22.6. The Kier molecular flexibility index (Phi) is 4.27. The molecule has 17 heavy (non-hydrogen) atoms. The molecule has 0 aliphatic heterocycles. The van der Waals surface area contributed by atoms with E-state index >= 15 is 0 Å². The first-order valence-electron chi connectivity index (χ1n) is 4.66. The van der Waals surface area contributed by atoms with E-state index in [0.717, 1.165) is 6.20 Å². The summed E-state index contributed by atoms with van der Waals surface area (Å²) in [7, 11) is 0. The van der Waals surface area contributed by atoms with Gasteiger partial charge in [0.2, 0.25) is 0 Å². The van der Waals surface area contributed by atoms with E-state index in [1.165, 1.54) is 0 Å². The number of carbonyl (C=O) groups excluding carboxylic acids is 2. The van der Waals surface area contributed by atoms with Gasteiger partial charge in [-0.3, -0.25) is 10.1 Å². The first-order chi connectivity index (χ1) is 8.17. The van der Waals surface area contributed by atoms with Crippen molar-refractivity contribution >= 4 is 17.6 Å². The van der Waals surface area contributed by atoms with E-state index in [-0.39, 0.29) is 5.57 Å². The fraction of sp³-hybridized carbons (Fsp3) is 0. The van der Waals surface area contributed by atoms with Crippen molar-refractivity contribution in [3.05, 3.63) is 42.1 Å². The molecule has 0 fully saturated rings. The first-order valence-corrected chi connectivity index (χ1v) is 4.66. The number of para-hydroxylation sites is 1. The molecule has 6 nitrogen and oxygen atoms in total. The third kappa shape index (κ3) is 3.68. The van der Waals surface area contributed by atoms with E-state index in [1.54, 1.807) is 36.4 Å². The average Bonchev–Trinajstić information content (AvgIpc) is 2.31. The first kappa shape index (κ1) is 12.3. The van der Waals surface area contributed by atoms with Gasteiger partial charge >= 0.3 is 6.03 Å². The van der Waals surface area contributed by atoms with Crippen molar-refractivity contribution in [2.75, 3.05) is 5.32 Å². The summed E-state index contributed by atoms with van der Waals surface area (Å²) in [5.41, 5.74) is 5.24. The molecule has 0 unspecified atom stereocenters. The topological polar surface area (TPSA) is 108 Å². The van der Waals surface area contributed by atoms with E-state index in [4.69, 9.17) is 11.0 Å². The summed E-state index contributed by atoms with van der Waals surface area (Å²) in [5.74, 6) is -0.844. The second-order valence-electron chi connectivity index (χ2n) is 2.97. The Morgan fingerprint density at radius 3 is 2.47 bits per heavy atom. The van der Waals surface area contributed by atoms with Gasteiger partial charge in [0.25, 0.3) is 5.91 Å². The predicted molar refractivity (Wildman–Crippen MR) is 61.5 cm³/mol. The summed E-state index contributed by atoms with van der Waals surface area (Å²) in [6, 6.07) is 9.42. The molecule has 0 bridgehead atoms. The normalized spacial score (nSPS) is 10.2. The molecule has 86 valence electrons. The van der Waals surface area contributed by atoms with E-state index in [2.05, 4.69) is 5.32 Å². The number of amides is 3. The lowest BCUT2D eigenvalue weighted by molar-refractivity contribution is -0.116. The fourth-order valence-electron chi connectivity index (χ4n) is 1.02. The van der Waals surface area contributed by atoms with Crippen LogP contribution in [0.25, 0.3) is 0 Å². The maximum atomic E-state index is 11.3. The van der Waals surface area contributed by atoms with Crippen LogP contribution in [-0.2, 0) is 4.79 Å². The van der Waals surface area contributed by atoms with Gasteiger partial charge in [-0.15, -0.1) is 0 Å². The predicted octanol–water partition coefficient (Wildman–Crippen LogP) is 0.701. The Balaban J connectivity index is 2.57. The third-order valence-electron chi connectivity index (χ3n) is 1.79. The van der Waals surface area contributed by atoms with Gasteiger partial charge in [0.15, 0.2) is 0 Å². The van der Waals surface area contributed by atoms with Gasteiger partial charge < -0.3 is 11.1 Å². The number of hydrogen-bond acceptors (Lipinski definition) is 4. The van der Waals surface area contributed by atoms with Crippen molar-refractivity contribution in [1.82, 2.24) is 5.32 Å². The zero-order valence-corrected chi connectivity index (χ0v) is 8.81. The highest BCUT2D eigenvalue weighted by Crippen LogP contribution is 2.04. The van der Waals surface area contributed by atoms with Crippen molar-refractivity contribution in [2.45, 2.75) is 0 Å². The summed E-state index contributed by atoms with van der Waals surface area (Å²) >= 11 is 0. The summed E-state index contributed by atoms with van der Waals surface area (Å²) in [6.45, 7) is 0. The van der Waals surface area contributed by atoms with Gasteiger partial charge in [-0.2, -0.15) is 5.26 Å². The number of urea groups is 1. The van der Waals surface area contributed by atoms with E-state index in [0.29, 0.717) is 5.69 Å². The Morgan fingerprint density at radius 2 is 1.94 bits per heavy atom. The van der Waals surface area contributed by atoms with Gasteiger partial charge in [-0.1, -0.05) is 18.2 Å². The molecule has 0 aliphatic carbocycles. The van der Waals surface area contributed by atoms with Crippen molar-refractivity contribution in [3.63, 3.8) is 0 Å². The average molecular weight is 230 g/mol. The SMILES string of the molecule is N#CC(=CN)C(=O)NC(=O)Nc1ccccc1. The van der Waals surface area contributed by atoms with Crippen LogP contribution in [0, 0.1) is 11.3 Å². The molecule has 0 atom stereocenters. The van der Waals surface area contributed by atoms with Crippen LogP contribution in [0.1, 0.15) is 0 Å². The number of rotatable bonds is 2. The maximum Gasteiger partial charge on any atom is 0.326 e. The molecule has 0 saturated heterocycles. The van der Waals surface area contributed by atoms with E-state index < -0.39 is 11.9 Å². The maximum absolute atomic E-state index is 11.3. The third-order valence-corrected chi connectivity index (χ3v) is 1.79. The Hall–Kier alpha value is -2.81. The molecule has 0 saturated carbocycles. The molecule has 1 rings (SSSR count). The largest absolute Gasteiger partial charge is 0.403 e. The molecule has 0 aromatic heterocycles. The van der Waals surface area contributed by atoms with Gasteiger partial charge in [0, 0.05) is 11.9 Å². The highest BCUT2D eigenvalue weighted by Gasteiger charge is 2.11. The number of carbonyl (C=O) groups is 2. The molecule has 6 heteroatoms. The number of imide groups is 1. The molecule has 0 radical (unpaired) electrons. The van der Waals surface area contributed by atoms with Gasteiger partial charge in [-0.05, 0) is 12.1 Å². The van der Waals surface area contributed by atoms with Crippen molar-refractivity contribution in [1.29, 1.82) is 5.26 Å². The minimum absolute atomic E-state index is 0.326. The number of nitrogens with two attached hydrogens (primary N) is 1. The van der Waals surface area contributed by atoms with Crippen LogP contribution in [0.2, 0.25) is 0 Å². The smallest absolute Gasteiger partial charge is 0.326 e. The van der Waals surface area contributed by atoms with Crippen molar-refractivity contribution in [2.24, 2.45) is 5.73 Å². The van der Waals surface area contributed by atoms with E-state index in [9.17, 15) is 9.59 Å². The highest BCUT2D eigenvalue weighted by molar-refractivity contribution is 6.09. The monoisotopic (exact) mass is 230 g/mol. The quantitative estimate of drug-likeness (QED) is 0.513. The van der Waals surface area contributed by atoms with Crippen LogP contribution in [0.5, 0.6) is 0 Å². The summed E-state index contributed by atoms with van der Waals surface area (Å²) < 4.78 is 0. The second kappa shape index (κ2) is 5.92. The lowest BCUT2D eigenvalue weighted by Crippen LogP contribution is -2.35. The lowest BCUT2D eigenvalue weighted by Gasteiger charge is -2.05. The minimum Gasteiger partial charge on any atom is -0.403 e. The van der Waals surface area contributed by atoms with Crippen LogP contribution in [0.4, 0.5) is 10.5 Å². The Bertz CT molecular complexity index is 488. The Morgan fingerprint density at radius 1 is 1.29 bits per heavy atom. The van der Waals surface area contributed by atoms with Crippen molar-refractivity contribution in [3.8, 4) is 6.07 Å². The Labute approximate surface area is 97.7 Å². The molecule has 1 aromatic rings. The van der Waals surface area contributed by atoms with Gasteiger partial charge in [0.05, 0.1) is 0 Å². The molecular weight excluding hydrogens is 220 g/mol. The van der Waals surface area contributed by atoms with E-state index in [1.807, 2.05) is 5.32 Å². The van der Waals surface area contributed by atoms with Crippen LogP contribution < -0.4 is 16.4 Å². The lowest BCUT2D eigenvalue weighted by atomic mass is 10.3. The van der Waals surface area contributed by atoms with Crippen molar-refractivity contribution < 1.29 is 9.59 Å². The molecule has 4 N–H and O–H groups in total. The fourth-order valence-corrected chi connectivity index (χ4v) is 1.02. The standard InChI is InChI=1S/C11H10N4O2/c12-6-8(7-13)10(16)15-11(17)14-9-4-2-1-3-5-9/h1-6H,12H2,(H2,14,15,16,17). The number of nitrogens with one attached hydrogen (secondary N) is 2. The van der Waals surface area contributed by atoms with Gasteiger partial charge in [0.1, 0.15) is 11.6 Å². The van der Waals surface area contributed by atoms with Gasteiger partial charge in [-0.25, -0.2) is 4.79 Å². The zero-order chi connectivity index (χ0) is 12.7. The summed E-state index contributed by atoms with van der Waals surface area (Å²) in [5, 5.41) is 12.9. The van der Waals surface area contributed by atoms with Crippen LogP contribution >= 0.6 is 0 Å².